The van der Waals surface area contributed by atoms with Gasteiger partial charge >= 0.3 is 0 Å². The second kappa shape index (κ2) is 12.1. The molecule has 1 aliphatic rings. The fraction of sp³-hybridized carbons (Fsp3) is 0.583. The number of likely N-dealkylation sites (tertiary alicyclic amines) is 1. The van der Waals surface area contributed by atoms with E-state index in [0.717, 1.165) is 5.69 Å². The van der Waals surface area contributed by atoms with Crippen molar-refractivity contribution in [3.8, 4) is 6.07 Å². The normalized spacial score (nSPS) is 15.3. The van der Waals surface area contributed by atoms with Crippen molar-refractivity contribution in [2.75, 3.05) is 24.5 Å². The molecule has 1 saturated heterocycles. The highest BCUT2D eigenvalue weighted by Gasteiger charge is 2.28. The molecule has 2 rings (SSSR count). The molecule has 0 aromatic heterocycles. The number of nitrogens with zero attached hydrogens (tertiary/aromatic N) is 3. The van der Waals surface area contributed by atoms with Crippen LogP contribution in [0.2, 0.25) is 0 Å². The Morgan fingerprint density at radius 3 is 2.35 bits per heavy atom. The molecular formula is C24H34N4O3. The van der Waals surface area contributed by atoms with E-state index in [4.69, 9.17) is 5.26 Å². The Morgan fingerprint density at radius 2 is 1.77 bits per heavy atom. The molecule has 0 radical (unpaired) electrons. The molecule has 1 N–H and O–H groups in total. The zero-order valence-corrected chi connectivity index (χ0v) is 18.8. The Hall–Kier alpha value is -2.88. The Bertz CT molecular complexity index is 780. The van der Waals surface area contributed by atoms with Gasteiger partial charge in [0, 0.05) is 50.1 Å². The number of para-hydroxylation sites is 1. The standard InChI is InChI=1S/C24H34N4O3/c1-18(2)19(3)26-24(31)20-12-16-27(17-13-20)22(29)10-11-23(30)28(15-7-14-25)21-8-5-4-6-9-21/h4-6,8-9,18-20H,7,10-13,15-17H2,1-3H3,(H,26,31). The minimum atomic E-state index is -0.160. The van der Waals surface area contributed by atoms with Crippen molar-refractivity contribution in [1.82, 2.24) is 10.2 Å². The van der Waals surface area contributed by atoms with E-state index in [0.29, 0.717) is 38.4 Å². The van der Waals surface area contributed by atoms with Gasteiger partial charge in [-0.2, -0.15) is 5.26 Å². The number of nitrogens with one attached hydrogen (secondary N) is 1. The van der Waals surface area contributed by atoms with Gasteiger partial charge < -0.3 is 15.1 Å². The molecule has 7 nitrogen and oxygen atoms in total. The molecule has 0 saturated carbocycles. The van der Waals surface area contributed by atoms with Gasteiger partial charge in [-0.25, -0.2) is 0 Å². The number of carbonyl (C=O) groups excluding carboxylic acids is 3. The molecular weight excluding hydrogens is 392 g/mol. The zero-order valence-electron chi connectivity index (χ0n) is 18.8. The molecule has 1 aliphatic heterocycles. The third-order valence-electron chi connectivity index (χ3n) is 5.96. The van der Waals surface area contributed by atoms with Crippen molar-refractivity contribution in [3.63, 3.8) is 0 Å². The van der Waals surface area contributed by atoms with Gasteiger partial charge in [0.25, 0.3) is 0 Å². The molecule has 168 valence electrons. The van der Waals surface area contributed by atoms with Crippen LogP contribution in [0.3, 0.4) is 0 Å². The summed E-state index contributed by atoms with van der Waals surface area (Å²) in [4.78, 5) is 41.1. The van der Waals surface area contributed by atoms with Gasteiger partial charge in [-0.15, -0.1) is 0 Å². The highest BCUT2D eigenvalue weighted by molar-refractivity contribution is 5.95. The van der Waals surface area contributed by atoms with Crippen LogP contribution in [0.25, 0.3) is 0 Å². The summed E-state index contributed by atoms with van der Waals surface area (Å²) in [5.41, 5.74) is 0.734. The maximum absolute atomic E-state index is 12.7. The van der Waals surface area contributed by atoms with E-state index in [1.54, 1.807) is 9.80 Å². The lowest BCUT2D eigenvalue weighted by atomic mass is 9.94. The number of amides is 3. The molecule has 1 aromatic carbocycles. The van der Waals surface area contributed by atoms with Crippen molar-refractivity contribution in [1.29, 1.82) is 5.26 Å². The maximum atomic E-state index is 12.7. The summed E-state index contributed by atoms with van der Waals surface area (Å²) < 4.78 is 0. The minimum absolute atomic E-state index is 0.0592. The molecule has 0 spiro atoms. The Labute approximate surface area is 185 Å². The molecule has 31 heavy (non-hydrogen) atoms. The van der Waals surface area contributed by atoms with E-state index >= 15 is 0 Å². The van der Waals surface area contributed by atoms with Crippen LogP contribution < -0.4 is 10.2 Å². The predicted molar refractivity (Wildman–Crippen MR) is 120 cm³/mol. The lowest BCUT2D eigenvalue weighted by Crippen LogP contribution is -2.46. The number of benzene rings is 1. The van der Waals surface area contributed by atoms with E-state index in [9.17, 15) is 14.4 Å². The van der Waals surface area contributed by atoms with E-state index in [2.05, 4.69) is 25.2 Å². The quantitative estimate of drug-likeness (QED) is 0.656. The molecule has 1 aromatic rings. The van der Waals surface area contributed by atoms with Gasteiger partial charge in [0.05, 0.1) is 12.5 Å². The van der Waals surface area contributed by atoms with Gasteiger partial charge in [0.1, 0.15) is 0 Å². The summed E-state index contributed by atoms with van der Waals surface area (Å²) in [5.74, 6) is 0.167. The molecule has 1 fully saturated rings. The second-order valence-corrected chi connectivity index (χ2v) is 8.49. The Kier molecular flexibility index (Phi) is 9.51. The SMILES string of the molecule is CC(C)C(C)NC(=O)C1CCN(C(=O)CCC(=O)N(CCC#N)c2ccccc2)CC1. The third kappa shape index (κ3) is 7.39. The molecule has 0 bridgehead atoms. The van der Waals surface area contributed by atoms with Gasteiger partial charge in [-0.05, 0) is 37.8 Å². The van der Waals surface area contributed by atoms with Crippen molar-refractivity contribution in [3.05, 3.63) is 30.3 Å². The van der Waals surface area contributed by atoms with E-state index < -0.39 is 0 Å². The molecule has 1 heterocycles. The predicted octanol–water partition coefficient (Wildman–Crippen LogP) is 3.11. The first-order chi connectivity index (χ1) is 14.8. The van der Waals surface area contributed by atoms with Crippen LogP contribution in [0.4, 0.5) is 5.69 Å². The molecule has 3 amide bonds. The average molecular weight is 427 g/mol. The number of hydrogen-bond acceptors (Lipinski definition) is 4. The summed E-state index contributed by atoms with van der Waals surface area (Å²) in [6.45, 7) is 7.55. The largest absolute Gasteiger partial charge is 0.353 e. The highest BCUT2D eigenvalue weighted by Crippen LogP contribution is 2.20. The lowest BCUT2D eigenvalue weighted by Gasteiger charge is -2.32. The molecule has 1 atom stereocenters. The van der Waals surface area contributed by atoms with Crippen molar-refractivity contribution in [2.45, 2.75) is 58.9 Å². The van der Waals surface area contributed by atoms with Crippen molar-refractivity contribution in [2.24, 2.45) is 11.8 Å². The van der Waals surface area contributed by atoms with Gasteiger partial charge in [0.2, 0.25) is 17.7 Å². The molecule has 7 heteroatoms. The van der Waals surface area contributed by atoms with Crippen LogP contribution >= 0.6 is 0 Å². The van der Waals surface area contributed by atoms with Crippen LogP contribution in [0.5, 0.6) is 0 Å². The zero-order chi connectivity index (χ0) is 22.8. The van der Waals surface area contributed by atoms with E-state index in [1.165, 1.54) is 0 Å². The maximum Gasteiger partial charge on any atom is 0.227 e. The fourth-order valence-corrected chi connectivity index (χ4v) is 3.57. The smallest absolute Gasteiger partial charge is 0.227 e. The molecule has 0 aliphatic carbocycles. The first-order valence-electron chi connectivity index (χ1n) is 11.1. The first-order valence-corrected chi connectivity index (χ1v) is 11.1. The number of nitriles is 1. The molecule has 1 unspecified atom stereocenters. The van der Waals surface area contributed by atoms with Crippen LogP contribution in [0.15, 0.2) is 30.3 Å². The summed E-state index contributed by atoms with van der Waals surface area (Å²) in [5, 5.41) is 12.0. The van der Waals surface area contributed by atoms with Gasteiger partial charge in [-0.1, -0.05) is 32.0 Å². The number of piperidine rings is 1. The minimum Gasteiger partial charge on any atom is -0.353 e. The second-order valence-electron chi connectivity index (χ2n) is 8.49. The van der Waals surface area contributed by atoms with E-state index in [1.807, 2.05) is 37.3 Å². The van der Waals surface area contributed by atoms with Crippen LogP contribution in [-0.4, -0.2) is 48.3 Å². The van der Waals surface area contributed by atoms with Gasteiger partial charge in [-0.3, -0.25) is 14.4 Å². The summed E-state index contributed by atoms with van der Waals surface area (Å²) in [6.07, 6.45) is 1.77. The monoisotopic (exact) mass is 426 g/mol. The number of rotatable bonds is 9. The number of anilines is 1. The Balaban J connectivity index is 1.82. The lowest BCUT2D eigenvalue weighted by molar-refractivity contribution is -0.136. The van der Waals surface area contributed by atoms with Crippen molar-refractivity contribution >= 4 is 23.4 Å². The average Bonchev–Trinajstić information content (AvgIpc) is 2.78. The van der Waals surface area contributed by atoms with Crippen LogP contribution in [0, 0.1) is 23.2 Å². The topological polar surface area (TPSA) is 93.5 Å². The summed E-state index contributed by atoms with van der Waals surface area (Å²) >= 11 is 0. The summed E-state index contributed by atoms with van der Waals surface area (Å²) in [7, 11) is 0. The fourth-order valence-electron chi connectivity index (χ4n) is 3.57. The summed E-state index contributed by atoms with van der Waals surface area (Å²) in [6, 6.07) is 11.4. The number of carbonyl (C=O) groups is 3. The van der Waals surface area contributed by atoms with Crippen LogP contribution in [0.1, 0.15) is 52.9 Å². The number of hydrogen-bond donors (Lipinski definition) is 1. The van der Waals surface area contributed by atoms with E-state index in [-0.39, 0.29) is 48.9 Å². The van der Waals surface area contributed by atoms with Crippen LogP contribution in [-0.2, 0) is 14.4 Å². The van der Waals surface area contributed by atoms with Crippen molar-refractivity contribution < 1.29 is 14.4 Å². The Morgan fingerprint density at radius 1 is 1.13 bits per heavy atom. The first kappa shape index (κ1) is 24.4. The highest BCUT2D eigenvalue weighted by atomic mass is 16.2. The van der Waals surface area contributed by atoms with Gasteiger partial charge in [0.15, 0.2) is 0 Å². The third-order valence-corrected chi connectivity index (χ3v) is 5.96.